The van der Waals surface area contributed by atoms with Gasteiger partial charge < -0.3 is 14.8 Å². The number of nitrogens with zero attached hydrogens (tertiary/aromatic N) is 2. The van der Waals surface area contributed by atoms with Crippen LogP contribution in [0.15, 0.2) is 21.1 Å². The first-order valence-electron chi connectivity index (χ1n) is 6.35. The van der Waals surface area contributed by atoms with Crippen LogP contribution in [0.3, 0.4) is 0 Å². The van der Waals surface area contributed by atoms with Crippen molar-refractivity contribution in [2.45, 2.75) is 13.5 Å². The van der Waals surface area contributed by atoms with E-state index >= 15 is 0 Å². The maximum Gasteiger partial charge on any atom is 0.222 e. The van der Waals surface area contributed by atoms with Gasteiger partial charge in [0.05, 0.1) is 27.3 Å². The van der Waals surface area contributed by atoms with Gasteiger partial charge in [-0.05, 0) is 58.0 Å². The molecule has 0 aliphatic heterocycles. The summed E-state index contributed by atoms with van der Waals surface area (Å²) in [7, 11) is 5.40. The van der Waals surface area contributed by atoms with Crippen LogP contribution in [0.25, 0.3) is 0 Å². The Balaban J connectivity index is 2.41. The monoisotopic (exact) mass is 417 g/mol. The number of nitrogens with one attached hydrogen (secondary N) is 1. The Labute approximate surface area is 140 Å². The highest BCUT2D eigenvalue weighted by Crippen LogP contribution is 2.39. The third-order valence-electron chi connectivity index (χ3n) is 3.06. The first-order chi connectivity index (χ1) is 9.97. The Kier molecular flexibility index (Phi) is 5.29. The maximum absolute atomic E-state index is 6.05. The van der Waals surface area contributed by atoms with Crippen LogP contribution in [0, 0.1) is 6.92 Å². The zero-order chi connectivity index (χ0) is 15.6. The summed E-state index contributed by atoms with van der Waals surface area (Å²) >= 11 is 6.97. The predicted molar refractivity (Wildman–Crippen MR) is 89.2 cm³/mol. The molecule has 1 heterocycles. The van der Waals surface area contributed by atoms with E-state index in [9.17, 15) is 0 Å². The highest BCUT2D eigenvalue weighted by molar-refractivity contribution is 9.11. The van der Waals surface area contributed by atoms with E-state index in [1.807, 2.05) is 33.2 Å². The van der Waals surface area contributed by atoms with E-state index in [-0.39, 0.29) is 0 Å². The van der Waals surface area contributed by atoms with Crippen molar-refractivity contribution in [3.63, 3.8) is 0 Å². The van der Waals surface area contributed by atoms with Gasteiger partial charge in [-0.1, -0.05) is 0 Å². The number of benzene rings is 1. The zero-order valence-corrected chi connectivity index (χ0v) is 15.5. The predicted octanol–water partition coefficient (Wildman–Crippen LogP) is 3.77. The number of aromatic nitrogens is 2. The van der Waals surface area contributed by atoms with Crippen LogP contribution in [0.4, 0.5) is 0 Å². The van der Waals surface area contributed by atoms with Crippen LogP contribution in [0.2, 0.25) is 0 Å². The molecule has 0 saturated heterocycles. The van der Waals surface area contributed by atoms with Crippen LogP contribution in [-0.2, 0) is 13.6 Å². The molecule has 1 aromatic carbocycles. The van der Waals surface area contributed by atoms with Crippen LogP contribution < -0.4 is 14.8 Å². The van der Waals surface area contributed by atoms with Gasteiger partial charge in [0.15, 0.2) is 0 Å². The summed E-state index contributed by atoms with van der Waals surface area (Å²) in [6.07, 6.45) is 0. The lowest BCUT2D eigenvalue weighted by molar-refractivity contribution is 0.403. The fourth-order valence-electron chi connectivity index (χ4n) is 2.04. The Morgan fingerprint density at radius 1 is 1.24 bits per heavy atom. The summed E-state index contributed by atoms with van der Waals surface area (Å²) in [5.41, 5.74) is 1.99. The SMILES string of the molecule is CNCc1c(C)nn(C)c1Oc1cc(Br)c(OC)cc1Br. The minimum Gasteiger partial charge on any atom is -0.496 e. The average Bonchev–Trinajstić information content (AvgIpc) is 2.69. The summed E-state index contributed by atoms with van der Waals surface area (Å²) in [5, 5.41) is 7.55. The van der Waals surface area contributed by atoms with Gasteiger partial charge in [-0.25, -0.2) is 4.68 Å². The number of rotatable bonds is 5. The van der Waals surface area contributed by atoms with Crippen molar-refractivity contribution in [1.82, 2.24) is 15.1 Å². The first-order valence-corrected chi connectivity index (χ1v) is 7.94. The molecule has 0 amide bonds. The van der Waals surface area contributed by atoms with Crippen molar-refractivity contribution in [3.8, 4) is 17.4 Å². The summed E-state index contributed by atoms with van der Waals surface area (Å²) < 4.78 is 14.7. The van der Waals surface area contributed by atoms with Gasteiger partial charge in [-0.3, -0.25) is 0 Å². The van der Waals surface area contributed by atoms with Crippen molar-refractivity contribution in [3.05, 3.63) is 32.3 Å². The minimum absolute atomic E-state index is 0.697. The molecule has 0 fully saturated rings. The zero-order valence-electron chi connectivity index (χ0n) is 12.3. The lowest BCUT2D eigenvalue weighted by Crippen LogP contribution is -2.07. The van der Waals surface area contributed by atoms with Crippen LogP contribution in [-0.4, -0.2) is 23.9 Å². The van der Waals surface area contributed by atoms with Crippen LogP contribution in [0.1, 0.15) is 11.3 Å². The molecular formula is C14H17Br2N3O2. The van der Waals surface area contributed by atoms with E-state index in [1.54, 1.807) is 11.8 Å². The molecule has 2 rings (SSSR count). The highest BCUT2D eigenvalue weighted by Gasteiger charge is 2.17. The highest BCUT2D eigenvalue weighted by atomic mass is 79.9. The summed E-state index contributed by atoms with van der Waals surface area (Å²) in [4.78, 5) is 0. The van der Waals surface area contributed by atoms with Gasteiger partial charge in [0, 0.05) is 13.6 Å². The van der Waals surface area contributed by atoms with Crippen LogP contribution in [0.5, 0.6) is 17.4 Å². The lowest BCUT2D eigenvalue weighted by Gasteiger charge is -2.12. The molecule has 1 N–H and O–H groups in total. The lowest BCUT2D eigenvalue weighted by atomic mass is 10.2. The van der Waals surface area contributed by atoms with Crippen molar-refractivity contribution < 1.29 is 9.47 Å². The molecule has 0 aliphatic rings. The molecule has 1 aromatic heterocycles. The summed E-state index contributed by atoms with van der Waals surface area (Å²) in [6, 6.07) is 3.73. The van der Waals surface area contributed by atoms with Gasteiger partial charge >= 0.3 is 0 Å². The van der Waals surface area contributed by atoms with E-state index in [2.05, 4.69) is 42.3 Å². The van der Waals surface area contributed by atoms with Crippen molar-refractivity contribution >= 4 is 31.9 Å². The molecule has 0 saturated carbocycles. The molecule has 0 radical (unpaired) electrons. The normalized spacial score (nSPS) is 10.8. The van der Waals surface area contributed by atoms with E-state index in [4.69, 9.17) is 9.47 Å². The Morgan fingerprint density at radius 2 is 1.86 bits per heavy atom. The van der Waals surface area contributed by atoms with Crippen molar-refractivity contribution in [1.29, 1.82) is 0 Å². The molecule has 0 aliphatic carbocycles. The number of aryl methyl sites for hydroxylation is 2. The van der Waals surface area contributed by atoms with E-state index in [0.29, 0.717) is 12.3 Å². The molecule has 0 spiro atoms. The molecule has 5 nitrogen and oxygen atoms in total. The number of halogens is 2. The molecule has 0 unspecified atom stereocenters. The van der Waals surface area contributed by atoms with Gasteiger partial charge in [0.2, 0.25) is 5.88 Å². The molecule has 114 valence electrons. The quantitative estimate of drug-likeness (QED) is 0.802. The second-order valence-corrected chi connectivity index (χ2v) is 6.25. The molecule has 7 heteroatoms. The molecular weight excluding hydrogens is 402 g/mol. The number of hydrogen-bond acceptors (Lipinski definition) is 4. The standard InChI is InChI=1S/C14H17Br2N3O2/c1-8-9(7-17-2)14(19(3)18-8)21-13-6-10(15)12(20-4)5-11(13)16/h5-6,17H,7H2,1-4H3. The Bertz CT molecular complexity index is 656. The Morgan fingerprint density at radius 3 is 2.48 bits per heavy atom. The minimum atomic E-state index is 0.697. The summed E-state index contributed by atoms with van der Waals surface area (Å²) in [5.74, 6) is 2.16. The second kappa shape index (κ2) is 6.81. The van der Waals surface area contributed by atoms with Crippen molar-refractivity contribution in [2.75, 3.05) is 14.2 Å². The maximum atomic E-state index is 6.05. The third-order valence-corrected chi connectivity index (χ3v) is 4.29. The molecule has 21 heavy (non-hydrogen) atoms. The van der Waals surface area contributed by atoms with E-state index < -0.39 is 0 Å². The topological polar surface area (TPSA) is 48.3 Å². The summed E-state index contributed by atoms with van der Waals surface area (Å²) in [6.45, 7) is 2.67. The van der Waals surface area contributed by atoms with Gasteiger partial charge in [0.1, 0.15) is 11.5 Å². The van der Waals surface area contributed by atoms with Gasteiger partial charge in [-0.15, -0.1) is 0 Å². The first kappa shape index (κ1) is 16.3. The second-order valence-electron chi connectivity index (χ2n) is 4.54. The number of methoxy groups -OCH3 is 1. The fourth-order valence-corrected chi connectivity index (χ4v) is 2.93. The van der Waals surface area contributed by atoms with Crippen molar-refractivity contribution in [2.24, 2.45) is 7.05 Å². The smallest absolute Gasteiger partial charge is 0.222 e. The number of hydrogen-bond donors (Lipinski definition) is 1. The molecule has 0 atom stereocenters. The Hall–Kier alpha value is -1.05. The molecule has 0 bridgehead atoms. The fraction of sp³-hybridized carbons (Fsp3) is 0.357. The van der Waals surface area contributed by atoms with E-state index in [1.165, 1.54) is 0 Å². The van der Waals surface area contributed by atoms with Gasteiger partial charge in [-0.2, -0.15) is 5.10 Å². The number of ether oxygens (including phenoxy) is 2. The van der Waals surface area contributed by atoms with E-state index in [0.717, 1.165) is 31.8 Å². The molecule has 2 aromatic rings. The average molecular weight is 419 g/mol. The van der Waals surface area contributed by atoms with Crippen LogP contribution >= 0.6 is 31.9 Å². The third kappa shape index (κ3) is 3.41. The van der Waals surface area contributed by atoms with Gasteiger partial charge in [0.25, 0.3) is 0 Å². The largest absolute Gasteiger partial charge is 0.496 e.